The molecule has 0 amide bonds. The highest BCUT2D eigenvalue weighted by atomic mass is 19.0. The maximum Gasteiger partial charge on any atom is 0.0650 e. The Hall–Kier alpha value is -1.46. The summed E-state index contributed by atoms with van der Waals surface area (Å²) in [7, 11) is 0. The molecule has 0 atom stereocenters. The zero-order valence-corrected chi connectivity index (χ0v) is 9.07. The number of benzene rings is 1. The molecule has 88 valence electrons. The molecule has 5 heteroatoms. The lowest BCUT2D eigenvalue weighted by atomic mass is 10.3. The van der Waals surface area contributed by atoms with E-state index in [0.717, 1.165) is 37.1 Å². The minimum atomic E-state index is 0. The van der Waals surface area contributed by atoms with E-state index >= 15 is 0 Å². The predicted molar refractivity (Wildman–Crippen MR) is 64.3 cm³/mol. The topological polar surface area (TPSA) is 52.7 Å². The summed E-state index contributed by atoms with van der Waals surface area (Å²) in [6, 6.07) is 8.01. The number of H-pyrrole nitrogens is 1. The van der Waals surface area contributed by atoms with Crippen LogP contribution < -0.4 is 10.6 Å². The predicted octanol–water partition coefficient (Wildman–Crippen LogP) is 0.895. The Morgan fingerprint density at radius 1 is 0.938 bits per heavy atom. The maximum absolute atomic E-state index is 3.88. The summed E-state index contributed by atoms with van der Waals surface area (Å²) in [5, 5.41) is 14.4. The fourth-order valence-electron chi connectivity index (χ4n) is 1.49. The summed E-state index contributed by atoms with van der Waals surface area (Å²) in [5.41, 5.74) is 1.09. The van der Waals surface area contributed by atoms with Gasteiger partial charge in [0, 0.05) is 31.6 Å². The van der Waals surface area contributed by atoms with Gasteiger partial charge in [-0.2, -0.15) is 5.10 Å². The number of nitrogens with zero attached hydrogens (tertiary/aromatic N) is 1. The molecular formula is C11H17FN4. The van der Waals surface area contributed by atoms with E-state index in [4.69, 9.17) is 0 Å². The van der Waals surface area contributed by atoms with Crippen molar-refractivity contribution in [3.63, 3.8) is 0 Å². The van der Waals surface area contributed by atoms with Gasteiger partial charge in [-0.05, 0) is 6.07 Å². The molecule has 2 heterocycles. The third-order valence-corrected chi connectivity index (χ3v) is 2.31. The van der Waals surface area contributed by atoms with Crippen LogP contribution in [0.1, 0.15) is 0 Å². The number of halogens is 1. The number of piperazine rings is 1. The van der Waals surface area contributed by atoms with Gasteiger partial charge >= 0.3 is 0 Å². The Labute approximate surface area is 93.8 Å². The lowest BCUT2D eigenvalue weighted by Gasteiger charge is -2.11. The van der Waals surface area contributed by atoms with E-state index in [1.54, 1.807) is 0 Å². The molecule has 0 spiro atoms. The van der Waals surface area contributed by atoms with Gasteiger partial charge < -0.3 is 10.6 Å². The number of aromatic amines is 1. The first-order valence-corrected chi connectivity index (χ1v) is 5.26. The van der Waals surface area contributed by atoms with Crippen molar-refractivity contribution in [3.05, 3.63) is 30.5 Å². The number of rotatable bonds is 0. The first-order valence-electron chi connectivity index (χ1n) is 5.26. The Kier molecular flexibility index (Phi) is 5.45. The van der Waals surface area contributed by atoms with Gasteiger partial charge in [0.1, 0.15) is 0 Å². The summed E-state index contributed by atoms with van der Waals surface area (Å²) in [6.45, 7) is 4.56. The zero-order valence-electron chi connectivity index (χ0n) is 9.07. The molecule has 1 aliphatic heterocycles. The van der Waals surface area contributed by atoms with Crippen LogP contribution in [0.3, 0.4) is 0 Å². The Bertz CT molecular complexity index is 356. The SMILES string of the molecule is C1CNCCN1.F.c1ccc2[nH]ncc2c1. The van der Waals surface area contributed by atoms with Gasteiger partial charge in [0.15, 0.2) is 0 Å². The third-order valence-electron chi connectivity index (χ3n) is 2.31. The van der Waals surface area contributed by atoms with Crippen LogP contribution in [0.5, 0.6) is 0 Å². The standard InChI is InChI=1S/C7H6N2.C4H10N2.FH/c1-2-4-7-6(3-1)5-8-9-7;1-2-6-4-3-5-1;/h1-5H,(H,8,9);5-6H,1-4H2;1H. The monoisotopic (exact) mass is 224 g/mol. The third kappa shape index (κ3) is 3.60. The number of fused-ring (bicyclic) bond motifs is 1. The molecule has 1 aliphatic rings. The Morgan fingerprint density at radius 3 is 2.12 bits per heavy atom. The quantitative estimate of drug-likeness (QED) is 0.623. The molecule has 1 saturated heterocycles. The van der Waals surface area contributed by atoms with E-state index in [-0.39, 0.29) is 4.70 Å². The molecule has 16 heavy (non-hydrogen) atoms. The van der Waals surface area contributed by atoms with Crippen LogP contribution in [0.15, 0.2) is 30.5 Å². The lowest BCUT2D eigenvalue weighted by Crippen LogP contribution is -2.39. The first-order chi connectivity index (χ1) is 7.47. The van der Waals surface area contributed by atoms with E-state index < -0.39 is 0 Å². The minimum absolute atomic E-state index is 0. The molecule has 3 rings (SSSR count). The average molecular weight is 224 g/mol. The van der Waals surface area contributed by atoms with Gasteiger partial charge in [-0.15, -0.1) is 0 Å². The van der Waals surface area contributed by atoms with Crippen molar-refractivity contribution < 1.29 is 4.70 Å². The number of aromatic nitrogens is 2. The zero-order chi connectivity index (χ0) is 10.3. The van der Waals surface area contributed by atoms with Crippen LogP contribution >= 0.6 is 0 Å². The number of nitrogens with one attached hydrogen (secondary N) is 3. The molecule has 1 fully saturated rings. The van der Waals surface area contributed by atoms with Crippen molar-refractivity contribution in [1.29, 1.82) is 0 Å². The molecule has 0 unspecified atom stereocenters. The molecule has 4 nitrogen and oxygen atoms in total. The van der Waals surface area contributed by atoms with Crippen molar-refractivity contribution in [2.75, 3.05) is 26.2 Å². The molecule has 1 aromatic carbocycles. The van der Waals surface area contributed by atoms with Gasteiger partial charge in [0.2, 0.25) is 0 Å². The minimum Gasteiger partial charge on any atom is -0.314 e. The summed E-state index contributed by atoms with van der Waals surface area (Å²) >= 11 is 0. The summed E-state index contributed by atoms with van der Waals surface area (Å²) in [5.74, 6) is 0. The highest BCUT2D eigenvalue weighted by molar-refractivity contribution is 5.77. The average Bonchev–Trinajstić information content (AvgIpc) is 2.80. The highest BCUT2D eigenvalue weighted by Crippen LogP contribution is 2.06. The Balaban J connectivity index is 0.000000162. The Morgan fingerprint density at radius 2 is 1.56 bits per heavy atom. The lowest BCUT2D eigenvalue weighted by molar-refractivity contribution is 0.534. The molecule has 0 bridgehead atoms. The van der Waals surface area contributed by atoms with Gasteiger partial charge in [-0.3, -0.25) is 9.80 Å². The largest absolute Gasteiger partial charge is 0.314 e. The smallest absolute Gasteiger partial charge is 0.0650 e. The van der Waals surface area contributed by atoms with E-state index in [2.05, 4.69) is 20.8 Å². The summed E-state index contributed by atoms with van der Waals surface area (Å²) < 4.78 is 0. The fraction of sp³-hybridized carbons (Fsp3) is 0.364. The second kappa shape index (κ2) is 6.92. The van der Waals surface area contributed by atoms with E-state index in [9.17, 15) is 0 Å². The number of para-hydroxylation sites is 1. The molecular weight excluding hydrogens is 207 g/mol. The van der Waals surface area contributed by atoms with Gasteiger partial charge in [-0.25, -0.2) is 0 Å². The van der Waals surface area contributed by atoms with Crippen LogP contribution in [0.4, 0.5) is 4.70 Å². The van der Waals surface area contributed by atoms with E-state index in [1.807, 2.05) is 30.5 Å². The second-order valence-corrected chi connectivity index (χ2v) is 3.46. The normalized spacial score (nSPS) is 14.8. The summed E-state index contributed by atoms with van der Waals surface area (Å²) in [4.78, 5) is 0. The van der Waals surface area contributed by atoms with Crippen molar-refractivity contribution in [3.8, 4) is 0 Å². The van der Waals surface area contributed by atoms with Crippen molar-refractivity contribution in [1.82, 2.24) is 20.8 Å². The van der Waals surface area contributed by atoms with Gasteiger partial charge in [-0.1, -0.05) is 18.2 Å². The van der Waals surface area contributed by atoms with Crippen LogP contribution in [0, 0.1) is 0 Å². The van der Waals surface area contributed by atoms with Crippen LogP contribution in [0.2, 0.25) is 0 Å². The molecule has 0 aliphatic carbocycles. The van der Waals surface area contributed by atoms with Crippen LogP contribution in [-0.4, -0.2) is 36.4 Å². The van der Waals surface area contributed by atoms with E-state index in [1.165, 1.54) is 0 Å². The summed E-state index contributed by atoms with van der Waals surface area (Å²) in [6.07, 6.45) is 1.81. The molecule has 1 aromatic heterocycles. The van der Waals surface area contributed by atoms with Crippen molar-refractivity contribution in [2.45, 2.75) is 0 Å². The maximum atomic E-state index is 3.88. The van der Waals surface area contributed by atoms with Crippen molar-refractivity contribution in [2.24, 2.45) is 0 Å². The number of hydrogen-bond acceptors (Lipinski definition) is 3. The first kappa shape index (κ1) is 12.6. The van der Waals surface area contributed by atoms with E-state index in [0.29, 0.717) is 0 Å². The number of hydrogen-bond donors (Lipinski definition) is 3. The second-order valence-electron chi connectivity index (χ2n) is 3.46. The van der Waals surface area contributed by atoms with Crippen LogP contribution in [-0.2, 0) is 0 Å². The fourth-order valence-corrected chi connectivity index (χ4v) is 1.49. The van der Waals surface area contributed by atoms with Crippen LogP contribution in [0.25, 0.3) is 10.9 Å². The molecule has 2 aromatic rings. The highest BCUT2D eigenvalue weighted by Gasteiger charge is 1.91. The van der Waals surface area contributed by atoms with Crippen molar-refractivity contribution >= 4 is 10.9 Å². The van der Waals surface area contributed by atoms with Gasteiger partial charge in [0.25, 0.3) is 0 Å². The molecule has 0 saturated carbocycles. The van der Waals surface area contributed by atoms with Gasteiger partial charge in [0.05, 0.1) is 11.7 Å². The molecule has 0 radical (unpaired) electrons. The molecule has 3 N–H and O–H groups in total.